The van der Waals surface area contributed by atoms with Crippen LogP contribution in [0.3, 0.4) is 0 Å². The zero-order valence-electron chi connectivity index (χ0n) is 11.8. The number of nitrogens with one attached hydrogen (secondary N) is 1. The van der Waals surface area contributed by atoms with E-state index in [2.05, 4.69) is 5.32 Å². The fourth-order valence-corrected chi connectivity index (χ4v) is 2.62. The monoisotopic (exact) mass is 261 g/mol. The molecule has 0 unspecified atom stereocenters. The van der Waals surface area contributed by atoms with E-state index in [1.165, 1.54) is 19.3 Å². The molecule has 1 saturated carbocycles. The Hall–Kier alpha value is -1.71. The summed E-state index contributed by atoms with van der Waals surface area (Å²) in [5, 5.41) is 3.10. The number of hydrogen-bond acceptors (Lipinski definition) is 3. The van der Waals surface area contributed by atoms with Gasteiger partial charge >= 0.3 is 0 Å². The molecule has 0 heterocycles. The smallest absolute Gasteiger partial charge is 0.251 e. The van der Waals surface area contributed by atoms with Gasteiger partial charge in [0.05, 0.1) is 11.4 Å². The quantitative estimate of drug-likeness (QED) is 0.821. The molecule has 1 aliphatic carbocycles. The lowest BCUT2D eigenvalue weighted by Gasteiger charge is -2.23. The summed E-state index contributed by atoms with van der Waals surface area (Å²) in [7, 11) is 3.88. The van der Waals surface area contributed by atoms with E-state index in [1.54, 1.807) is 6.07 Å². The Morgan fingerprint density at radius 3 is 2.53 bits per heavy atom. The van der Waals surface area contributed by atoms with Crippen molar-refractivity contribution in [3.63, 3.8) is 0 Å². The maximum absolute atomic E-state index is 12.2. The first kappa shape index (κ1) is 13.7. The molecule has 4 heteroatoms. The predicted octanol–water partition coefficient (Wildman–Crippen LogP) is 2.40. The Balaban J connectivity index is 2.04. The van der Waals surface area contributed by atoms with E-state index in [9.17, 15) is 4.79 Å². The first-order valence-electron chi connectivity index (χ1n) is 6.95. The fraction of sp³-hybridized carbons (Fsp3) is 0.533. The average molecular weight is 261 g/mol. The number of nitrogens with zero attached hydrogens (tertiary/aromatic N) is 1. The van der Waals surface area contributed by atoms with Gasteiger partial charge in [-0.1, -0.05) is 19.3 Å². The molecule has 4 nitrogen and oxygen atoms in total. The Bertz CT molecular complexity index is 451. The molecule has 2 rings (SSSR count). The molecular formula is C15H23N3O. The number of benzene rings is 1. The van der Waals surface area contributed by atoms with E-state index in [4.69, 9.17) is 5.73 Å². The molecule has 0 spiro atoms. The second-order valence-electron chi connectivity index (χ2n) is 5.48. The van der Waals surface area contributed by atoms with Crippen LogP contribution in [-0.2, 0) is 0 Å². The van der Waals surface area contributed by atoms with Crippen molar-refractivity contribution in [2.24, 2.45) is 0 Å². The molecule has 1 fully saturated rings. The van der Waals surface area contributed by atoms with Crippen molar-refractivity contribution in [3.05, 3.63) is 23.8 Å². The first-order valence-corrected chi connectivity index (χ1v) is 6.95. The zero-order valence-corrected chi connectivity index (χ0v) is 11.8. The summed E-state index contributed by atoms with van der Waals surface area (Å²) in [5.74, 6) is -0.0103. The normalized spacial score (nSPS) is 16.1. The van der Waals surface area contributed by atoms with Crippen molar-refractivity contribution in [1.82, 2.24) is 5.32 Å². The van der Waals surface area contributed by atoms with Gasteiger partial charge in [-0.3, -0.25) is 4.79 Å². The van der Waals surface area contributed by atoms with Crippen LogP contribution in [0.2, 0.25) is 0 Å². The van der Waals surface area contributed by atoms with Crippen LogP contribution in [0.5, 0.6) is 0 Å². The molecule has 19 heavy (non-hydrogen) atoms. The van der Waals surface area contributed by atoms with Gasteiger partial charge in [0, 0.05) is 25.7 Å². The molecular weight excluding hydrogens is 238 g/mol. The van der Waals surface area contributed by atoms with Gasteiger partial charge in [-0.05, 0) is 31.0 Å². The SMILES string of the molecule is CN(C)c1ccc(C(=O)NC2CCCCC2)cc1N. The summed E-state index contributed by atoms with van der Waals surface area (Å²) in [6.07, 6.45) is 5.91. The molecule has 1 aromatic rings. The number of rotatable bonds is 3. The Morgan fingerprint density at radius 1 is 1.26 bits per heavy atom. The lowest BCUT2D eigenvalue weighted by Crippen LogP contribution is -2.36. The lowest BCUT2D eigenvalue weighted by atomic mass is 9.95. The summed E-state index contributed by atoms with van der Waals surface area (Å²) in [4.78, 5) is 14.1. The van der Waals surface area contributed by atoms with Gasteiger partial charge in [0.25, 0.3) is 5.91 Å². The summed E-state index contributed by atoms with van der Waals surface area (Å²) >= 11 is 0. The highest BCUT2D eigenvalue weighted by atomic mass is 16.1. The van der Waals surface area contributed by atoms with E-state index in [0.29, 0.717) is 17.3 Å². The Morgan fingerprint density at radius 2 is 1.95 bits per heavy atom. The third-order valence-corrected chi connectivity index (χ3v) is 3.71. The van der Waals surface area contributed by atoms with Crippen molar-refractivity contribution in [2.75, 3.05) is 24.7 Å². The zero-order chi connectivity index (χ0) is 13.8. The van der Waals surface area contributed by atoms with E-state index in [1.807, 2.05) is 31.1 Å². The molecule has 0 aromatic heterocycles. The van der Waals surface area contributed by atoms with Gasteiger partial charge < -0.3 is 16.0 Å². The van der Waals surface area contributed by atoms with Crippen LogP contribution in [-0.4, -0.2) is 26.0 Å². The van der Waals surface area contributed by atoms with Crippen molar-refractivity contribution < 1.29 is 4.79 Å². The largest absolute Gasteiger partial charge is 0.397 e. The number of amides is 1. The van der Waals surface area contributed by atoms with Crippen molar-refractivity contribution in [3.8, 4) is 0 Å². The molecule has 104 valence electrons. The van der Waals surface area contributed by atoms with Crippen molar-refractivity contribution in [1.29, 1.82) is 0 Å². The van der Waals surface area contributed by atoms with Crippen LogP contribution < -0.4 is 16.0 Å². The van der Waals surface area contributed by atoms with Crippen LogP contribution >= 0.6 is 0 Å². The number of carbonyl (C=O) groups excluding carboxylic acids is 1. The van der Waals surface area contributed by atoms with Gasteiger partial charge in [0.1, 0.15) is 0 Å². The van der Waals surface area contributed by atoms with Gasteiger partial charge in [0.2, 0.25) is 0 Å². The minimum absolute atomic E-state index is 0.0103. The maximum Gasteiger partial charge on any atom is 0.251 e. The summed E-state index contributed by atoms with van der Waals surface area (Å²) in [6.45, 7) is 0. The van der Waals surface area contributed by atoms with E-state index < -0.39 is 0 Å². The molecule has 0 radical (unpaired) electrons. The summed E-state index contributed by atoms with van der Waals surface area (Å²) in [6, 6.07) is 5.82. The van der Waals surface area contributed by atoms with E-state index in [0.717, 1.165) is 18.5 Å². The minimum Gasteiger partial charge on any atom is -0.397 e. The molecule has 0 aliphatic heterocycles. The standard InChI is InChI=1S/C15H23N3O/c1-18(2)14-9-8-11(10-13(14)16)15(19)17-12-6-4-3-5-7-12/h8-10,12H,3-7,16H2,1-2H3,(H,17,19). The third-order valence-electron chi connectivity index (χ3n) is 3.71. The van der Waals surface area contributed by atoms with Crippen LogP contribution in [0.15, 0.2) is 18.2 Å². The molecule has 1 aliphatic rings. The number of carbonyl (C=O) groups is 1. The third kappa shape index (κ3) is 3.40. The second kappa shape index (κ2) is 5.95. The number of anilines is 2. The van der Waals surface area contributed by atoms with Gasteiger partial charge in [-0.25, -0.2) is 0 Å². The minimum atomic E-state index is -0.0103. The van der Waals surface area contributed by atoms with E-state index in [-0.39, 0.29) is 5.91 Å². The van der Waals surface area contributed by atoms with Gasteiger partial charge in [0.15, 0.2) is 0 Å². The molecule has 1 aromatic carbocycles. The molecule has 0 bridgehead atoms. The van der Waals surface area contributed by atoms with Gasteiger partial charge in [-0.2, -0.15) is 0 Å². The molecule has 3 N–H and O–H groups in total. The molecule has 1 amide bonds. The highest BCUT2D eigenvalue weighted by molar-refractivity contribution is 5.96. The average Bonchev–Trinajstić information content (AvgIpc) is 2.39. The number of hydrogen-bond donors (Lipinski definition) is 2. The lowest BCUT2D eigenvalue weighted by molar-refractivity contribution is 0.0928. The topological polar surface area (TPSA) is 58.4 Å². The van der Waals surface area contributed by atoms with Crippen LogP contribution in [0.1, 0.15) is 42.5 Å². The number of nitrogen functional groups attached to an aromatic ring is 1. The first-order chi connectivity index (χ1) is 9.08. The van der Waals surface area contributed by atoms with Gasteiger partial charge in [-0.15, -0.1) is 0 Å². The molecule has 0 atom stereocenters. The van der Waals surface area contributed by atoms with Crippen LogP contribution in [0, 0.1) is 0 Å². The van der Waals surface area contributed by atoms with Crippen LogP contribution in [0.25, 0.3) is 0 Å². The Kier molecular flexibility index (Phi) is 4.30. The highest BCUT2D eigenvalue weighted by Gasteiger charge is 2.17. The van der Waals surface area contributed by atoms with Crippen molar-refractivity contribution >= 4 is 17.3 Å². The predicted molar refractivity (Wildman–Crippen MR) is 79.5 cm³/mol. The van der Waals surface area contributed by atoms with E-state index >= 15 is 0 Å². The summed E-state index contributed by atoms with van der Waals surface area (Å²) < 4.78 is 0. The second-order valence-corrected chi connectivity index (χ2v) is 5.48. The fourth-order valence-electron chi connectivity index (χ4n) is 2.62. The molecule has 0 saturated heterocycles. The summed E-state index contributed by atoms with van der Waals surface area (Å²) in [5.41, 5.74) is 8.20. The highest BCUT2D eigenvalue weighted by Crippen LogP contribution is 2.23. The number of nitrogens with two attached hydrogens (primary N) is 1. The van der Waals surface area contributed by atoms with Crippen LogP contribution in [0.4, 0.5) is 11.4 Å². The van der Waals surface area contributed by atoms with Crippen molar-refractivity contribution in [2.45, 2.75) is 38.1 Å². The Labute approximate surface area is 115 Å². The maximum atomic E-state index is 12.2.